The Morgan fingerprint density at radius 3 is 1.23 bits per heavy atom. The second-order valence-electron chi connectivity index (χ2n) is 10.2. The molecule has 2 unspecified atom stereocenters. The molecule has 0 saturated heterocycles. The molecular formula is C34H28Cl2S2Zr. The SMILES string of the molecule is CC1=[C-]C2C(=C(C)C(CCC3=C(c4ccccc4)C4[C-]=C(C)C(=S)C4=C3C)=C2c2ccccc2)C1=S.[Cl-].[Cl-].[Zr+4]. The maximum absolute atomic E-state index is 5.86. The van der Waals surface area contributed by atoms with E-state index in [2.05, 4.69) is 101 Å². The average molecular weight is 663 g/mol. The van der Waals surface area contributed by atoms with Crippen molar-refractivity contribution in [3.8, 4) is 0 Å². The molecule has 0 N–H and O–H groups in total. The molecule has 0 radical (unpaired) electrons. The molecule has 2 aromatic rings. The Balaban J connectivity index is 0.00000140. The Hall–Kier alpha value is -1.48. The number of hydrogen-bond acceptors (Lipinski definition) is 2. The Morgan fingerprint density at radius 2 is 0.897 bits per heavy atom. The molecule has 4 aliphatic carbocycles. The standard InChI is InChI=1S/C34H28S2.2ClH.Zr/c1-19-17-27-29(33(19)35)21(3)25(31(27)23-11-7-5-8-12-23)15-16-26-22(4)30-28(18-20(2)34(30)36)32(26)24-13-9-6-10-14-24;;;/h5-14,27-28H,15-16H2,1-4H3;2*1H;/q-2;;;+4/p-2. The van der Waals surface area contributed by atoms with E-state index in [4.69, 9.17) is 24.4 Å². The van der Waals surface area contributed by atoms with Crippen LogP contribution in [-0.2, 0) is 26.2 Å². The minimum Gasteiger partial charge on any atom is -1.00 e. The van der Waals surface area contributed by atoms with E-state index in [1.54, 1.807) is 0 Å². The van der Waals surface area contributed by atoms with Crippen LogP contribution >= 0.6 is 24.4 Å². The monoisotopic (exact) mass is 660 g/mol. The second-order valence-corrected chi connectivity index (χ2v) is 11.0. The van der Waals surface area contributed by atoms with Gasteiger partial charge in [-0.2, -0.15) is 0 Å². The van der Waals surface area contributed by atoms with Crippen molar-refractivity contribution in [2.45, 2.75) is 40.5 Å². The zero-order valence-electron chi connectivity index (χ0n) is 22.4. The zero-order chi connectivity index (χ0) is 25.1. The molecule has 0 fully saturated rings. The number of hydrogen-bond donors (Lipinski definition) is 0. The maximum Gasteiger partial charge on any atom is 4.00 e. The quantitative estimate of drug-likeness (QED) is 0.357. The molecule has 6 rings (SSSR count). The topological polar surface area (TPSA) is 0 Å². The van der Waals surface area contributed by atoms with Gasteiger partial charge in [-0.25, -0.2) is 35.6 Å². The van der Waals surface area contributed by atoms with Crippen molar-refractivity contribution in [3.63, 3.8) is 0 Å². The van der Waals surface area contributed by atoms with Crippen LogP contribution in [0.4, 0.5) is 0 Å². The smallest absolute Gasteiger partial charge is 1.00 e. The molecule has 0 aromatic heterocycles. The van der Waals surface area contributed by atoms with Crippen molar-refractivity contribution >= 4 is 45.3 Å². The van der Waals surface area contributed by atoms with E-state index < -0.39 is 0 Å². The fourth-order valence-corrected chi connectivity index (χ4v) is 7.13. The average Bonchev–Trinajstić information content (AvgIpc) is 3.53. The number of fused-ring (bicyclic) bond motifs is 2. The molecule has 0 spiro atoms. The van der Waals surface area contributed by atoms with E-state index in [9.17, 15) is 0 Å². The van der Waals surface area contributed by atoms with Crippen molar-refractivity contribution in [1.29, 1.82) is 0 Å². The van der Waals surface area contributed by atoms with E-state index in [-0.39, 0.29) is 62.9 Å². The van der Waals surface area contributed by atoms with E-state index in [0.717, 1.165) is 33.7 Å². The number of thiocarbonyl (C=S) groups is 2. The van der Waals surface area contributed by atoms with Crippen LogP contribution in [0, 0.1) is 24.0 Å². The van der Waals surface area contributed by atoms with E-state index in [1.165, 1.54) is 55.7 Å². The molecule has 0 amide bonds. The molecule has 0 bridgehead atoms. The third-order valence-electron chi connectivity index (χ3n) is 8.20. The Bertz CT molecular complexity index is 1420. The summed E-state index contributed by atoms with van der Waals surface area (Å²) in [6.07, 6.45) is 9.34. The Kier molecular flexibility index (Phi) is 10.3. The van der Waals surface area contributed by atoms with Gasteiger partial charge in [0.2, 0.25) is 0 Å². The van der Waals surface area contributed by atoms with E-state index >= 15 is 0 Å². The van der Waals surface area contributed by atoms with Crippen molar-refractivity contribution in [3.05, 3.63) is 129 Å². The number of allylic oxidation sites excluding steroid dienone is 12. The summed E-state index contributed by atoms with van der Waals surface area (Å²) in [7, 11) is 0. The van der Waals surface area contributed by atoms with Gasteiger partial charge in [0.05, 0.1) is 0 Å². The molecular weight excluding hydrogens is 635 g/mol. The summed E-state index contributed by atoms with van der Waals surface area (Å²) in [6, 6.07) is 21.6. The van der Waals surface area contributed by atoms with Gasteiger partial charge in [-0.1, -0.05) is 97.5 Å². The first-order valence-electron chi connectivity index (χ1n) is 12.7. The van der Waals surface area contributed by atoms with Gasteiger partial charge in [0, 0.05) is 0 Å². The van der Waals surface area contributed by atoms with Gasteiger partial charge in [-0.3, -0.25) is 12.2 Å². The Morgan fingerprint density at radius 1 is 0.564 bits per heavy atom. The van der Waals surface area contributed by atoms with Crippen molar-refractivity contribution < 1.29 is 51.0 Å². The van der Waals surface area contributed by atoms with Gasteiger partial charge >= 0.3 is 26.2 Å². The van der Waals surface area contributed by atoms with Crippen molar-refractivity contribution in [2.24, 2.45) is 11.8 Å². The molecule has 39 heavy (non-hydrogen) atoms. The molecule has 0 aliphatic heterocycles. The molecule has 0 saturated carbocycles. The van der Waals surface area contributed by atoms with Gasteiger partial charge < -0.3 is 24.8 Å². The molecule has 2 atom stereocenters. The molecule has 5 heteroatoms. The van der Waals surface area contributed by atoms with Crippen LogP contribution in [0.15, 0.2) is 105 Å². The van der Waals surface area contributed by atoms with Crippen LogP contribution < -0.4 is 24.8 Å². The zero-order valence-corrected chi connectivity index (χ0v) is 28.0. The first kappa shape index (κ1) is 32.0. The van der Waals surface area contributed by atoms with Crippen LogP contribution in [0.25, 0.3) is 11.1 Å². The maximum atomic E-state index is 5.86. The van der Waals surface area contributed by atoms with Crippen LogP contribution in [0.5, 0.6) is 0 Å². The van der Waals surface area contributed by atoms with Crippen molar-refractivity contribution in [2.75, 3.05) is 0 Å². The van der Waals surface area contributed by atoms with Crippen LogP contribution in [0.1, 0.15) is 51.7 Å². The van der Waals surface area contributed by atoms with Crippen LogP contribution in [0.3, 0.4) is 0 Å². The third kappa shape index (κ3) is 5.20. The van der Waals surface area contributed by atoms with E-state index in [0.29, 0.717) is 0 Å². The van der Waals surface area contributed by atoms with Crippen LogP contribution in [-0.4, -0.2) is 9.73 Å². The fraction of sp³-hybridized carbons (Fsp3) is 0.235. The van der Waals surface area contributed by atoms with Gasteiger partial charge in [-0.15, -0.1) is 20.9 Å². The summed E-state index contributed by atoms with van der Waals surface area (Å²) in [5, 5.41) is 0. The largest absolute Gasteiger partial charge is 4.00 e. The van der Waals surface area contributed by atoms with E-state index in [1.807, 2.05) is 0 Å². The predicted octanol–water partition coefficient (Wildman–Crippen LogP) is 2.84. The summed E-state index contributed by atoms with van der Waals surface area (Å²) in [6.45, 7) is 8.72. The van der Waals surface area contributed by atoms with Gasteiger partial charge in [-0.05, 0) is 60.1 Å². The van der Waals surface area contributed by atoms with Gasteiger partial charge in [0.15, 0.2) is 0 Å². The molecule has 194 valence electrons. The molecule has 0 heterocycles. The second kappa shape index (κ2) is 12.6. The first-order valence-corrected chi connectivity index (χ1v) is 13.5. The minimum atomic E-state index is 0. The minimum absolute atomic E-state index is 0. The summed E-state index contributed by atoms with van der Waals surface area (Å²) >= 11 is 11.7. The first-order chi connectivity index (χ1) is 17.4. The molecule has 4 aliphatic rings. The predicted molar refractivity (Wildman–Crippen MR) is 158 cm³/mol. The third-order valence-corrected chi connectivity index (χ3v) is 9.26. The fourth-order valence-electron chi connectivity index (χ4n) is 6.47. The normalized spacial score (nSPS) is 21.4. The van der Waals surface area contributed by atoms with Gasteiger partial charge in [0.25, 0.3) is 0 Å². The molecule has 0 nitrogen and oxygen atoms in total. The van der Waals surface area contributed by atoms with Crippen molar-refractivity contribution in [1.82, 2.24) is 0 Å². The van der Waals surface area contributed by atoms with Crippen LogP contribution in [0.2, 0.25) is 0 Å². The summed E-state index contributed by atoms with van der Waals surface area (Å²) < 4.78 is 0. The number of benzene rings is 2. The number of rotatable bonds is 5. The summed E-state index contributed by atoms with van der Waals surface area (Å²) in [5.74, 6) is 0.317. The van der Waals surface area contributed by atoms with Gasteiger partial charge in [0.1, 0.15) is 0 Å². The molecule has 2 aromatic carbocycles. The number of halogens is 2. The Labute approximate surface area is 275 Å². The summed E-state index contributed by atoms with van der Waals surface area (Å²) in [4.78, 5) is 1.97. The summed E-state index contributed by atoms with van der Waals surface area (Å²) in [5.41, 5.74) is 15.7.